The summed E-state index contributed by atoms with van der Waals surface area (Å²) in [5, 5.41) is 7.93. The number of halogens is 2. The fourth-order valence-electron chi connectivity index (χ4n) is 3.22. The van der Waals surface area contributed by atoms with E-state index in [0.29, 0.717) is 21.5 Å². The Morgan fingerprint density at radius 2 is 1.68 bits per heavy atom. The van der Waals surface area contributed by atoms with Crippen LogP contribution < -0.4 is 16.0 Å². The number of furan rings is 1. The lowest BCUT2D eigenvalue weighted by Gasteiger charge is -2.11. The van der Waals surface area contributed by atoms with Gasteiger partial charge in [0, 0.05) is 26.7 Å². The third-order valence-electron chi connectivity index (χ3n) is 5.05. The highest BCUT2D eigenvalue weighted by Gasteiger charge is 2.16. The van der Waals surface area contributed by atoms with E-state index in [1.807, 2.05) is 0 Å². The fourth-order valence-corrected chi connectivity index (χ4v) is 4.25. The number of benzene rings is 3. The molecule has 1 heterocycles. The third-order valence-corrected chi connectivity index (χ3v) is 6.55. The topological polar surface area (TPSA) is 100 Å². The fraction of sp³-hybridized carbons (Fsp3) is 0.0357. The maximum atomic E-state index is 13.9. The molecule has 0 spiro atoms. The molecule has 3 aromatic carbocycles. The summed E-state index contributed by atoms with van der Waals surface area (Å²) in [6.07, 6.45) is 2.90. The van der Waals surface area contributed by atoms with Gasteiger partial charge in [0.2, 0.25) is 5.91 Å². The lowest BCUT2D eigenvalue weighted by atomic mass is 10.2. The Kier molecular flexibility index (Phi) is 9.12. The molecule has 3 amide bonds. The number of amides is 3. The van der Waals surface area contributed by atoms with E-state index in [0.717, 1.165) is 4.90 Å². The molecule has 0 aliphatic rings. The highest BCUT2D eigenvalue weighted by molar-refractivity contribution is 9.10. The molecule has 1 aromatic heterocycles. The van der Waals surface area contributed by atoms with Crippen molar-refractivity contribution in [2.24, 2.45) is 0 Å². The van der Waals surface area contributed by atoms with E-state index < -0.39 is 17.6 Å². The van der Waals surface area contributed by atoms with Gasteiger partial charge >= 0.3 is 0 Å². The van der Waals surface area contributed by atoms with Crippen molar-refractivity contribution in [2.75, 3.05) is 16.4 Å². The van der Waals surface area contributed by atoms with Gasteiger partial charge in [0.05, 0.1) is 17.7 Å². The van der Waals surface area contributed by atoms with Gasteiger partial charge in [-0.25, -0.2) is 4.39 Å². The average Bonchev–Trinajstić information content (AvgIpc) is 3.43. The molecule has 0 fully saturated rings. The van der Waals surface area contributed by atoms with E-state index in [4.69, 9.17) is 4.42 Å². The lowest BCUT2D eigenvalue weighted by molar-refractivity contribution is -0.114. The Labute approximate surface area is 230 Å². The van der Waals surface area contributed by atoms with Gasteiger partial charge in [-0.05, 0) is 66.7 Å². The second-order valence-corrected chi connectivity index (χ2v) is 9.80. The number of carbonyl (C=O) groups excluding carboxylic acids is 3. The summed E-state index contributed by atoms with van der Waals surface area (Å²) >= 11 is 4.44. The molecule has 4 rings (SSSR count). The zero-order valence-corrected chi connectivity index (χ0v) is 22.1. The zero-order chi connectivity index (χ0) is 26.9. The van der Waals surface area contributed by atoms with Crippen molar-refractivity contribution in [1.82, 2.24) is 5.32 Å². The molecule has 10 heteroatoms. The monoisotopic (exact) mass is 593 g/mol. The molecule has 0 aliphatic heterocycles. The van der Waals surface area contributed by atoms with Gasteiger partial charge in [-0.3, -0.25) is 14.4 Å². The van der Waals surface area contributed by atoms with Crippen molar-refractivity contribution >= 4 is 62.9 Å². The molecular formula is C28H21BrFN3O4S. The molecule has 0 saturated heterocycles. The predicted octanol–water partition coefficient (Wildman–Crippen LogP) is 6.32. The Morgan fingerprint density at radius 1 is 0.921 bits per heavy atom. The first-order valence-electron chi connectivity index (χ1n) is 11.3. The lowest BCUT2D eigenvalue weighted by Crippen LogP contribution is -2.30. The Morgan fingerprint density at radius 3 is 2.37 bits per heavy atom. The van der Waals surface area contributed by atoms with Gasteiger partial charge in [-0.1, -0.05) is 34.1 Å². The molecule has 0 aliphatic carbocycles. The van der Waals surface area contributed by atoms with Crippen LogP contribution in [0.5, 0.6) is 0 Å². The van der Waals surface area contributed by atoms with Crippen LogP contribution in [0.3, 0.4) is 0 Å². The molecular weight excluding hydrogens is 573 g/mol. The van der Waals surface area contributed by atoms with Crippen molar-refractivity contribution in [1.29, 1.82) is 0 Å². The zero-order valence-electron chi connectivity index (χ0n) is 19.7. The third kappa shape index (κ3) is 7.67. The number of carbonyl (C=O) groups is 3. The van der Waals surface area contributed by atoms with Crippen molar-refractivity contribution < 1.29 is 23.2 Å². The maximum absolute atomic E-state index is 13.9. The van der Waals surface area contributed by atoms with Gasteiger partial charge in [-0.15, -0.1) is 11.8 Å². The van der Waals surface area contributed by atoms with Gasteiger partial charge in [0.25, 0.3) is 11.8 Å². The molecule has 0 radical (unpaired) electrons. The standard InChI is InChI=1S/C28H21BrFN3O4S/c29-19-8-13-24(23(30)15-19)32-26(34)17-38-22-11-9-20(10-12-22)31-28(36)25(16-21-7-4-14-37-21)33-27(35)18-5-2-1-3-6-18/h1-16H,17H2,(H,31,36)(H,32,34)(H,33,35)/b25-16-. The van der Waals surface area contributed by atoms with Crippen LogP contribution >= 0.6 is 27.7 Å². The van der Waals surface area contributed by atoms with Crippen LogP contribution in [-0.4, -0.2) is 23.5 Å². The first kappa shape index (κ1) is 26.9. The second-order valence-electron chi connectivity index (χ2n) is 7.83. The normalized spacial score (nSPS) is 11.1. The molecule has 7 nitrogen and oxygen atoms in total. The van der Waals surface area contributed by atoms with E-state index in [9.17, 15) is 18.8 Å². The van der Waals surface area contributed by atoms with E-state index in [1.54, 1.807) is 72.8 Å². The van der Waals surface area contributed by atoms with Crippen molar-refractivity contribution in [3.63, 3.8) is 0 Å². The minimum absolute atomic E-state index is 0.00380. The number of rotatable bonds is 9. The van der Waals surface area contributed by atoms with Crippen molar-refractivity contribution in [3.05, 3.63) is 119 Å². The summed E-state index contributed by atoms with van der Waals surface area (Å²) in [6, 6.07) is 23.1. The van der Waals surface area contributed by atoms with Crippen LogP contribution in [0.4, 0.5) is 15.8 Å². The van der Waals surface area contributed by atoms with Crippen molar-refractivity contribution in [2.45, 2.75) is 4.90 Å². The molecule has 4 aromatic rings. The second kappa shape index (κ2) is 12.9. The van der Waals surface area contributed by atoms with Gasteiger partial charge < -0.3 is 20.4 Å². The largest absolute Gasteiger partial charge is 0.465 e. The van der Waals surface area contributed by atoms with E-state index >= 15 is 0 Å². The van der Waals surface area contributed by atoms with E-state index in [1.165, 1.54) is 36.2 Å². The SMILES string of the molecule is O=C(CSc1ccc(NC(=O)/C(=C/c2ccco2)NC(=O)c2ccccc2)cc1)Nc1ccc(Br)cc1F. The van der Waals surface area contributed by atoms with Crippen LogP contribution in [0.25, 0.3) is 6.08 Å². The quantitative estimate of drug-likeness (QED) is 0.156. The van der Waals surface area contributed by atoms with Crippen LogP contribution in [-0.2, 0) is 9.59 Å². The highest BCUT2D eigenvalue weighted by atomic mass is 79.9. The molecule has 192 valence electrons. The van der Waals surface area contributed by atoms with Gasteiger partial charge in [0.1, 0.15) is 17.3 Å². The van der Waals surface area contributed by atoms with Crippen molar-refractivity contribution in [3.8, 4) is 0 Å². The number of hydrogen-bond acceptors (Lipinski definition) is 5. The first-order chi connectivity index (χ1) is 18.4. The Bertz CT molecular complexity index is 1460. The van der Waals surface area contributed by atoms with E-state index in [2.05, 4.69) is 31.9 Å². The summed E-state index contributed by atoms with van der Waals surface area (Å²) < 4.78 is 19.8. The van der Waals surface area contributed by atoms with Crippen LogP contribution in [0.2, 0.25) is 0 Å². The molecule has 0 saturated carbocycles. The Hall–Kier alpha value is -4.15. The first-order valence-corrected chi connectivity index (χ1v) is 13.1. The number of nitrogens with one attached hydrogen (secondary N) is 3. The number of thioether (sulfide) groups is 1. The summed E-state index contributed by atoms with van der Waals surface area (Å²) in [7, 11) is 0. The highest BCUT2D eigenvalue weighted by Crippen LogP contribution is 2.23. The van der Waals surface area contributed by atoms with E-state index in [-0.39, 0.29) is 23.0 Å². The molecule has 0 unspecified atom stereocenters. The number of hydrogen-bond donors (Lipinski definition) is 3. The van der Waals surface area contributed by atoms with Crippen LogP contribution in [0.1, 0.15) is 16.1 Å². The average molecular weight is 594 g/mol. The molecule has 3 N–H and O–H groups in total. The van der Waals surface area contributed by atoms with Crippen LogP contribution in [0.15, 0.2) is 111 Å². The minimum atomic E-state index is -0.540. The summed E-state index contributed by atoms with van der Waals surface area (Å²) in [4.78, 5) is 38.6. The van der Waals surface area contributed by atoms with Gasteiger partial charge in [0.15, 0.2) is 0 Å². The summed E-state index contributed by atoms with van der Waals surface area (Å²) in [6.45, 7) is 0. The maximum Gasteiger partial charge on any atom is 0.272 e. The molecule has 38 heavy (non-hydrogen) atoms. The summed E-state index contributed by atoms with van der Waals surface area (Å²) in [5.41, 5.74) is 0.998. The minimum Gasteiger partial charge on any atom is -0.465 e. The number of anilines is 2. The molecule has 0 bridgehead atoms. The van der Waals surface area contributed by atoms with Crippen LogP contribution in [0, 0.1) is 5.82 Å². The molecule has 0 atom stereocenters. The predicted molar refractivity (Wildman–Crippen MR) is 149 cm³/mol. The Balaban J connectivity index is 1.36. The smallest absolute Gasteiger partial charge is 0.272 e. The van der Waals surface area contributed by atoms with Gasteiger partial charge in [-0.2, -0.15) is 0 Å². The summed E-state index contributed by atoms with van der Waals surface area (Å²) in [5.74, 6) is -1.39.